The molecule has 0 heterocycles. The minimum absolute atomic E-state index is 0.548. The normalized spacial score (nSPS) is 12.2. The lowest BCUT2D eigenvalue weighted by Gasteiger charge is -2.23. The molecule has 0 rings (SSSR count). The van der Waals surface area contributed by atoms with E-state index in [0.29, 0.717) is 0 Å². The Morgan fingerprint density at radius 3 is 2.13 bits per heavy atom. The number of sulfonamides is 1. The van der Waals surface area contributed by atoms with Gasteiger partial charge in [0.05, 0.1) is 6.26 Å². The molecule has 0 aromatic heterocycles. The van der Waals surface area contributed by atoms with Crippen LogP contribution in [0.2, 0.25) is 0 Å². The third-order valence-electron chi connectivity index (χ3n) is 1.41. The number of nitrogens with one attached hydrogen (secondary N) is 2. The van der Waals surface area contributed by atoms with Crippen molar-refractivity contribution in [2.75, 3.05) is 12.8 Å². The molecule has 88 valence electrons. The van der Waals surface area contributed by atoms with Crippen molar-refractivity contribution in [2.45, 2.75) is 19.4 Å². The molecule has 0 aliphatic heterocycles. The van der Waals surface area contributed by atoms with Gasteiger partial charge in [-0.2, -0.15) is 0 Å². The summed E-state index contributed by atoms with van der Waals surface area (Å²) in [5, 5.41) is 10.4. The molecule has 0 saturated heterocycles. The van der Waals surface area contributed by atoms with Gasteiger partial charge in [0.25, 0.3) is 0 Å². The predicted octanol–water partition coefficient (Wildman–Crippen LogP) is -1.48. The largest absolute Gasteiger partial charge is 0.480 e. The number of carbonyl (C=O) groups is 2. The van der Waals surface area contributed by atoms with Crippen LogP contribution in [0.4, 0.5) is 0 Å². The van der Waals surface area contributed by atoms with Crippen molar-refractivity contribution in [3.63, 3.8) is 0 Å². The minimum Gasteiger partial charge on any atom is -0.480 e. The number of amides is 1. The van der Waals surface area contributed by atoms with Gasteiger partial charge in [0, 0.05) is 0 Å². The molecular formula is C7H14N2O5S. The molecule has 1 amide bonds. The van der Waals surface area contributed by atoms with Crippen LogP contribution in [0.15, 0.2) is 0 Å². The van der Waals surface area contributed by atoms with Gasteiger partial charge in [0.1, 0.15) is 12.1 Å². The monoisotopic (exact) mass is 238 g/mol. The second-order valence-corrected chi connectivity index (χ2v) is 5.32. The number of hydrogen-bond donors (Lipinski definition) is 3. The van der Waals surface area contributed by atoms with Crippen LogP contribution in [-0.2, 0) is 19.6 Å². The second-order valence-electron chi connectivity index (χ2n) is 3.58. The average molecular weight is 238 g/mol. The molecular weight excluding hydrogens is 224 g/mol. The first-order valence-corrected chi connectivity index (χ1v) is 5.93. The minimum atomic E-state index is -3.52. The Morgan fingerprint density at radius 1 is 1.33 bits per heavy atom. The zero-order valence-corrected chi connectivity index (χ0v) is 9.51. The zero-order chi connectivity index (χ0) is 12.3. The van der Waals surface area contributed by atoms with Gasteiger partial charge in [0.2, 0.25) is 15.9 Å². The molecule has 0 unspecified atom stereocenters. The topological polar surface area (TPSA) is 113 Å². The van der Waals surface area contributed by atoms with Crippen molar-refractivity contribution in [1.29, 1.82) is 0 Å². The zero-order valence-electron chi connectivity index (χ0n) is 8.70. The summed E-state index contributed by atoms with van der Waals surface area (Å²) in [7, 11) is -3.52. The molecule has 0 aliphatic carbocycles. The van der Waals surface area contributed by atoms with Crippen molar-refractivity contribution in [1.82, 2.24) is 10.0 Å². The standard InChI is InChI=1S/C7H14N2O5S/c1-7(2,9-15(3,13)14)6(12)8-4-5(10)11/h9H,4H2,1-3H3,(H,8,12)(H,10,11). The maximum absolute atomic E-state index is 11.3. The molecule has 0 radical (unpaired) electrons. The maximum atomic E-state index is 11.3. The van der Waals surface area contributed by atoms with Crippen LogP contribution >= 0.6 is 0 Å². The fourth-order valence-electron chi connectivity index (χ4n) is 0.887. The molecule has 0 atom stereocenters. The number of carboxylic acids is 1. The van der Waals surface area contributed by atoms with Crippen LogP contribution in [0.5, 0.6) is 0 Å². The van der Waals surface area contributed by atoms with E-state index in [-0.39, 0.29) is 0 Å². The third kappa shape index (κ3) is 6.02. The highest BCUT2D eigenvalue weighted by Crippen LogP contribution is 2.03. The first-order valence-electron chi connectivity index (χ1n) is 4.03. The first-order chi connectivity index (χ1) is 6.54. The Bertz CT molecular complexity index is 360. The molecule has 0 fully saturated rings. The molecule has 0 aromatic rings. The number of rotatable bonds is 5. The van der Waals surface area contributed by atoms with Crippen LogP contribution in [0.1, 0.15) is 13.8 Å². The fourth-order valence-corrected chi connectivity index (χ4v) is 1.91. The van der Waals surface area contributed by atoms with Crippen molar-refractivity contribution >= 4 is 21.9 Å². The number of carboxylic acid groups (broad SMARTS) is 1. The summed E-state index contributed by atoms with van der Waals surface area (Å²) >= 11 is 0. The number of hydrogen-bond acceptors (Lipinski definition) is 4. The summed E-state index contributed by atoms with van der Waals surface area (Å²) in [6, 6.07) is 0. The van der Waals surface area contributed by atoms with Crippen LogP contribution in [-0.4, -0.2) is 43.7 Å². The first kappa shape index (κ1) is 13.8. The molecule has 15 heavy (non-hydrogen) atoms. The van der Waals surface area contributed by atoms with Gasteiger partial charge in [-0.3, -0.25) is 9.59 Å². The SMILES string of the molecule is CC(C)(NS(C)(=O)=O)C(=O)NCC(=O)O. The van der Waals surface area contributed by atoms with Crippen LogP contribution in [0, 0.1) is 0 Å². The van der Waals surface area contributed by atoms with Gasteiger partial charge in [-0.1, -0.05) is 0 Å². The van der Waals surface area contributed by atoms with E-state index in [4.69, 9.17) is 5.11 Å². The van der Waals surface area contributed by atoms with Crippen molar-refractivity contribution in [2.24, 2.45) is 0 Å². The summed E-state index contributed by atoms with van der Waals surface area (Å²) in [6.45, 7) is 2.13. The predicted molar refractivity (Wildman–Crippen MR) is 52.7 cm³/mol. The van der Waals surface area contributed by atoms with Gasteiger partial charge in [-0.15, -0.1) is 0 Å². The van der Waals surface area contributed by atoms with E-state index >= 15 is 0 Å². The van der Waals surface area contributed by atoms with Gasteiger partial charge < -0.3 is 10.4 Å². The molecule has 7 nitrogen and oxygen atoms in total. The van der Waals surface area contributed by atoms with E-state index in [1.807, 2.05) is 0 Å². The van der Waals surface area contributed by atoms with E-state index in [2.05, 4.69) is 10.0 Å². The molecule has 0 bridgehead atoms. The van der Waals surface area contributed by atoms with E-state index in [0.717, 1.165) is 6.26 Å². The van der Waals surface area contributed by atoms with Crippen LogP contribution in [0.25, 0.3) is 0 Å². The Hall–Kier alpha value is -1.15. The molecule has 3 N–H and O–H groups in total. The van der Waals surface area contributed by atoms with Gasteiger partial charge in [-0.25, -0.2) is 13.1 Å². The van der Waals surface area contributed by atoms with Crippen LogP contribution < -0.4 is 10.0 Å². The Morgan fingerprint density at radius 2 is 1.80 bits per heavy atom. The van der Waals surface area contributed by atoms with Gasteiger partial charge in [0.15, 0.2) is 0 Å². The van der Waals surface area contributed by atoms with E-state index in [1.165, 1.54) is 13.8 Å². The molecule has 0 aliphatic rings. The molecule has 8 heteroatoms. The van der Waals surface area contributed by atoms with E-state index < -0.39 is 34.0 Å². The number of carbonyl (C=O) groups excluding carboxylic acids is 1. The van der Waals surface area contributed by atoms with Gasteiger partial charge >= 0.3 is 5.97 Å². The Balaban J connectivity index is 4.46. The lowest BCUT2D eigenvalue weighted by Crippen LogP contribution is -2.55. The second kappa shape index (κ2) is 4.58. The average Bonchev–Trinajstić information content (AvgIpc) is 1.94. The molecule has 0 aromatic carbocycles. The molecule has 0 spiro atoms. The Labute approximate surface area is 87.9 Å². The number of aliphatic carboxylic acids is 1. The third-order valence-corrected chi connectivity index (χ3v) is 2.29. The summed E-state index contributed by atoms with van der Waals surface area (Å²) in [6.07, 6.45) is 0.916. The van der Waals surface area contributed by atoms with Crippen molar-refractivity contribution in [3.05, 3.63) is 0 Å². The highest BCUT2D eigenvalue weighted by atomic mass is 32.2. The summed E-state index contributed by atoms with van der Waals surface area (Å²) in [4.78, 5) is 21.5. The quantitative estimate of drug-likeness (QED) is 0.540. The van der Waals surface area contributed by atoms with Crippen molar-refractivity contribution in [3.8, 4) is 0 Å². The van der Waals surface area contributed by atoms with Crippen LogP contribution in [0.3, 0.4) is 0 Å². The molecule has 0 saturated carbocycles. The van der Waals surface area contributed by atoms with E-state index in [9.17, 15) is 18.0 Å². The summed E-state index contributed by atoms with van der Waals surface area (Å²) in [5.74, 6) is -1.89. The van der Waals surface area contributed by atoms with Crippen molar-refractivity contribution < 1.29 is 23.1 Å². The Kier molecular flexibility index (Phi) is 4.23. The summed E-state index contributed by atoms with van der Waals surface area (Å²) in [5.41, 5.74) is -1.37. The van der Waals surface area contributed by atoms with E-state index in [1.54, 1.807) is 0 Å². The maximum Gasteiger partial charge on any atom is 0.322 e. The summed E-state index contributed by atoms with van der Waals surface area (Å²) < 4.78 is 23.9. The smallest absolute Gasteiger partial charge is 0.322 e. The lowest BCUT2D eigenvalue weighted by atomic mass is 10.1. The van der Waals surface area contributed by atoms with Gasteiger partial charge in [-0.05, 0) is 13.8 Å². The lowest BCUT2D eigenvalue weighted by molar-refractivity contribution is -0.138. The highest BCUT2D eigenvalue weighted by molar-refractivity contribution is 7.88. The highest BCUT2D eigenvalue weighted by Gasteiger charge is 2.30. The fraction of sp³-hybridized carbons (Fsp3) is 0.714.